The quantitative estimate of drug-likeness (QED) is 0.477. The molecule has 0 bridgehead atoms. The predicted molar refractivity (Wildman–Crippen MR) is 81.4 cm³/mol. The zero-order chi connectivity index (χ0) is 18.6. The fraction of sp³-hybridized carbons (Fsp3) is 0.357. The van der Waals surface area contributed by atoms with E-state index in [2.05, 4.69) is 4.72 Å². The number of nitrogens with zero attached hydrogens (tertiary/aromatic N) is 2. The molecule has 1 fully saturated rings. The number of nitrogens with one attached hydrogen (secondary N) is 1. The molecule has 25 heavy (non-hydrogen) atoms. The highest BCUT2D eigenvalue weighted by Gasteiger charge is 2.48. The van der Waals surface area contributed by atoms with Crippen molar-refractivity contribution in [2.75, 3.05) is 0 Å². The van der Waals surface area contributed by atoms with Gasteiger partial charge in [0.25, 0.3) is 5.56 Å². The third kappa shape index (κ3) is 2.58. The second kappa shape index (κ2) is 5.70. The first kappa shape index (κ1) is 17.7. The highest BCUT2D eigenvalue weighted by molar-refractivity contribution is 8.01. The summed E-state index contributed by atoms with van der Waals surface area (Å²) < 4.78 is 55.6. The van der Waals surface area contributed by atoms with E-state index in [0.717, 1.165) is 19.0 Å². The lowest BCUT2D eigenvalue weighted by Gasteiger charge is -2.27. The smallest absolute Gasteiger partial charge is 0.299 e. The van der Waals surface area contributed by atoms with Gasteiger partial charge in [0, 0.05) is 30.0 Å². The molecule has 1 saturated heterocycles. The van der Waals surface area contributed by atoms with Crippen molar-refractivity contribution in [1.29, 1.82) is 0 Å². The lowest BCUT2D eigenvalue weighted by molar-refractivity contribution is -0.144. The number of alkyl halides is 4. The Morgan fingerprint density at radius 2 is 2.08 bits per heavy atom. The van der Waals surface area contributed by atoms with Crippen LogP contribution in [0.5, 0.6) is 0 Å². The number of fused-ring (bicyclic) bond motifs is 1. The van der Waals surface area contributed by atoms with Crippen molar-refractivity contribution >= 4 is 18.2 Å². The van der Waals surface area contributed by atoms with Gasteiger partial charge in [0.2, 0.25) is 0 Å². The van der Waals surface area contributed by atoms with Crippen molar-refractivity contribution < 1.29 is 22.4 Å². The van der Waals surface area contributed by atoms with Crippen LogP contribution in [-0.4, -0.2) is 21.6 Å². The number of halogens is 4. The lowest BCUT2D eigenvalue weighted by Crippen LogP contribution is -2.57. The van der Waals surface area contributed by atoms with Crippen LogP contribution < -0.4 is 16.0 Å². The van der Waals surface area contributed by atoms with Crippen LogP contribution in [0.15, 0.2) is 38.3 Å². The first-order valence-electron chi connectivity index (χ1n) is 7.00. The van der Waals surface area contributed by atoms with Crippen LogP contribution in [0, 0.1) is 0 Å². The summed E-state index contributed by atoms with van der Waals surface area (Å²) in [6.07, 6.45) is -3.45. The number of hydrogen-bond acceptors (Lipinski definition) is 5. The molecular weight excluding hydrogens is 366 g/mol. The molecule has 1 aliphatic heterocycles. The number of carbonyl (C=O) groups is 1. The van der Waals surface area contributed by atoms with Gasteiger partial charge in [-0.05, 0) is 18.0 Å². The van der Waals surface area contributed by atoms with Gasteiger partial charge < -0.3 is 0 Å². The second-order valence-corrected chi connectivity index (χ2v) is 6.38. The van der Waals surface area contributed by atoms with E-state index in [1.54, 1.807) is 0 Å². The number of rotatable bonds is 2. The third-order valence-corrected chi connectivity index (χ3v) is 5.00. The molecule has 1 aromatic heterocycles. The summed E-state index contributed by atoms with van der Waals surface area (Å²) in [7, 11) is 0.852. The van der Waals surface area contributed by atoms with E-state index >= 15 is 0 Å². The largest absolute Gasteiger partial charge is 0.431 e. The summed E-state index contributed by atoms with van der Waals surface area (Å²) >= 11 is 0.831. The van der Waals surface area contributed by atoms with Crippen LogP contribution in [0.1, 0.15) is 12.1 Å². The van der Waals surface area contributed by atoms with Crippen LogP contribution >= 0.6 is 11.9 Å². The van der Waals surface area contributed by atoms with Crippen molar-refractivity contribution in [3.05, 3.63) is 55.2 Å². The molecule has 0 aromatic carbocycles. The van der Waals surface area contributed by atoms with Crippen LogP contribution in [0.2, 0.25) is 0 Å². The summed E-state index contributed by atoms with van der Waals surface area (Å²) in [6.45, 7) is 0. The van der Waals surface area contributed by atoms with Gasteiger partial charge in [-0.3, -0.25) is 14.2 Å². The molecule has 1 N–H and O–H groups in total. The summed E-state index contributed by atoms with van der Waals surface area (Å²) in [6, 6.07) is 0.252. The zero-order valence-corrected chi connectivity index (χ0v) is 13.4. The summed E-state index contributed by atoms with van der Waals surface area (Å²) in [5.41, 5.74) is -5.86. The minimum absolute atomic E-state index is 0.0770. The third-order valence-electron chi connectivity index (χ3n) is 4.01. The van der Waals surface area contributed by atoms with Crippen LogP contribution in [0.25, 0.3) is 0 Å². The highest BCUT2D eigenvalue weighted by Crippen LogP contribution is 2.43. The Morgan fingerprint density at radius 1 is 1.40 bits per heavy atom. The van der Waals surface area contributed by atoms with E-state index in [4.69, 9.17) is 0 Å². The van der Waals surface area contributed by atoms with Gasteiger partial charge in [-0.25, -0.2) is 18.5 Å². The van der Waals surface area contributed by atoms with E-state index in [1.165, 1.54) is 12.2 Å². The van der Waals surface area contributed by atoms with E-state index in [-0.39, 0.29) is 28.9 Å². The van der Waals surface area contributed by atoms with E-state index in [9.17, 15) is 31.9 Å². The molecule has 0 saturated carbocycles. The molecular formula is C14H11F4N3O3S. The number of aromatic nitrogens is 2. The number of hydrogen-bond donors (Lipinski definition) is 1. The lowest BCUT2D eigenvalue weighted by atomic mass is 9.94. The average Bonchev–Trinajstić information content (AvgIpc) is 2.89. The Morgan fingerprint density at radius 3 is 2.68 bits per heavy atom. The first-order chi connectivity index (χ1) is 11.6. The Balaban J connectivity index is 2.28. The van der Waals surface area contributed by atoms with Gasteiger partial charge in [-0.1, -0.05) is 6.08 Å². The molecule has 3 rings (SSSR count). The van der Waals surface area contributed by atoms with E-state index in [1.807, 2.05) is 0 Å². The Kier molecular flexibility index (Phi) is 4.03. The normalized spacial score (nSPS) is 26.0. The molecule has 2 heterocycles. The summed E-state index contributed by atoms with van der Waals surface area (Å²) in [4.78, 5) is 36.8. The van der Waals surface area contributed by atoms with Crippen molar-refractivity contribution in [1.82, 2.24) is 13.9 Å². The fourth-order valence-electron chi connectivity index (χ4n) is 2.80. The van der Waals surface area contributed by atoms with E-state index in [0.29, 0.717) is 9.47 Å². The molecule has 1 aliphatic carbocycles. The Bertz CT molecular complexity index is 931. The van der Waals surface area contributed by atoms with E-state index < -0.39 is 35.0 Å². The minimum atomic E-state index is -4.91. The Hall–Kier alpha value is -2.14. The molecule has 134 valence electrons. The molecule has 0 spiro atoms. The van der Waals surface area contributed by atoms with Crippen molar-refractivity contribution in [2.45, 2.75) is 24.4 Å². The molecule has 0 amide bonds. The van der Waals surface area contributed by atoms with Crippen molar-refractivity contribution in [3.8, 4) is 0 Å². The molecule has 1 aromatic rings. The standard InChI is InChI=1S/C14H11F4N3O3S/c1-20-10(14(16,17)18)5-11(23)21(12(20)24)13(6-22)8-3-2-7(15)4-9(8)25-19-13/h3-7,19H,2H2,1H3. The SMILES string of the molecule is Cn1c(C(F)(F)F)cc(=O)n(C2(C=O)NSC3=CC(F)CC=C32)c1=O. The topological polar surface area (TPSA) is 73.1 Å². The molecule has 0 radical (unpaired) electrons. The maximum absolute atomic E-state index is 13.5. The monoisotopic (exact) mass is 377 g/mol. The number of carbonyl (C=O) groups excluding carboxylic acids is 1. The number of aldehydes is 1. The van der Waals surface area contributed by atoms with Gasteiger partial charge >= 0.3 is 11.9 Å². The molecule has 6 nitrogen and oxygen atoms in total. The predicted octanol–water partition coefficient (Wildman–Crippen LogP) is 1.22. The summed E-state index contributed by atoms with van der Waals surface area (Å²) in [5.74, 6) is 0. The fourth-order valence-corrected chi connectivity index (χ4v) is 3.88. The number of allylic oxidation sites excluding steroid dienone is 2. The Labute approximate surface area is 142 Å². The van der Waals surface area contributed by atoms with Gasteiger partial charge in [0.1, 0.15) is 11.9 Å². The van der Waals surface area contributed by atoms with Crippen LogP contribution in [-0.2, 0) is 23.7 Å². The highest BCUT2D eigenvalue weighted by atomic mass is 32.2. The van der Waals surface area contributed by atoms with Crippen LogP contribution in [0.3, 0.4) is 0 Å². The second-order valence-electron chi connectivity index (χ2n) is 5.53. The minimum Gasteiger partial charge on any atom is -0.299 e. The van der Waals surface area contributed by atoms with Crippen LogP contribution in [0.4, 0.5) is 17.6 Å². The van der Waals surface area contributed by atoms with Gasteiger partial charge in [-0.15, -0.1) is 0 Å². The molecule has 2 atom stereocenters. The summed E-state index contributed by atoms with van der Waals surface area (Å²) in [5, 5.41) is 0. The molecule has 11 heteroatoms. The van der Waals surface area contributed by atoms with Gasteiger partial charge in [0.05, 0.1) is 0 Å². The van der Waals surface area contributed by atoms with Gasteiger partial charge in [-0.2, -0.15) is 13.2 Å². The first-order valence-corrected chi connectivity index (χ1v) is 7.81. The van der Waals surface area contributed by atoms with Crippen molar-refractivity contribution in [2.24, 2.45) is 7.05 Å². The zero-order valence-electron chi connectivity index (χ0n) is 12.6. The van der Waals surface area contributed by atoms with Gasteiger partial charge in [0.15, 0.2) is 11.9 Å². The van der Waals surface area contributed by atoms with Crippen molar-refractivity contribution in [3.63, 3.8) is 0 Å². The molecule has 2 aliphatic rings. The maximum atomic E-state index is 13.5. The maximum Gasteiger partial charge on any atom is 0.431 e. The molecule has 2 unspecified atom stereocenters. The average molecular weight is 377 g/mol.